The summed E-state index contributed by atoms with van der Waals surface area (Å²) < 4.78 is 5.17. The minimum atomic E-state index is -1.26. The summed E-state index contributed by atoms with van der Waals surface area (Å²) in [4.78, 5) is 59.2. The molecule has 1 fully saturated rings. The zero-order chi connectivity index (χ0) is 25.2. The number of carboxylic acids is 1. The number of anilines is 1. The number of thioether (sulfide) groups is 1. The van der Waals surface area contributed by atoms with Crippen LogP contribution in [0.1, 0.15) is 26.5 Å². The summed E-state index contributed by atoms with van der Waals surface area (Å²) in [7, 11) is 1.24. The number of rotatable bonds is 7. The van der Waals surface area contributed by atoms with Crippen LogP contribution in [0, 0.1) is 0 Å². The Bertz CT molecular complexity index is 1080. The topological polar surface area (TPSA) is 160 Å². The smallest absolute Gasteiger partial charge is 0.413 e. The van der Waals surface area contributed by atoms with E-state index in [2.05, 4.69) is 20.8 Å². The van der Waals surface area contributed by atoms with E-state index in [9.17, 15) is 24.3 Å². The predicted octanol–water partition coefficient (Wildman–Crippen LogP) is 1.82. The monoisotopic (exact) mass is 531 g/mol. The number of halogens is 1. The van der Waals surface area contributed by atoms with E-state index in [1.165, 1.54) is 24.3 Å². The first kappa shape index (κ1) is 25.8. The average Bonchev–Trinajstić information content (AvgIpc) is 3.20. The zero-order valence-corrected chi connectivity index (χ0v) is 21.0. The van der Waals surface area contributed by atoms with Crippen molar-refractivity contribution in [1.82, 2.24) is 15.2 Å². The number of alkyl halides is 1. The van der Waals surface area contributed by atoms with Crippen LogP contribution in [-0.2, 0) is 24.0 Å². The molecule has 1 saturated heterocycles. The van der Waals surface area contributed by atoms with Gasteiger partial charge < -0.3 is 20.0 Å². The molecule has 2 aliphatic rings. The van der Waals surface area contributed by atoms with Crippen molar-refractivity contribution in [3.63, 3.8) is 0 Å². The van der Waals surface area contributed by atoms with E-state index in [-0.39, 0.29) is 28.1 Å². The van der Waals surface area contributed by atoms with Crippen LogP contribution in [0.4, 0.5) is 9.93 Å². The molecule has 1 aromatic heterocycles. The summed E-state index contributed by atoms with van der Waals surface area (Å²) in [6.45, 7) is 5.14. The van der Waals surface area contributed by atoms with Crippen LogP contribution >= 0.6 is 34.7 Å². The van der Waals surface area contributed by atoms with Gasteiger partial charge in [-0.15, -0.1) is 34.7 Å². The van der Waals surface area contributed by atoms with Gasteiger partial charge in [-0.2, -0.15) is 0 Å². The first-order valence-electron chi connectivity index (χ1n) is 9.80. The van der Waals surface area contributed by atoms with E-state index in [0.29, 0.717) is 11.3 Å². The third-order valence-electron chi connectivity index (χ3n) is 4.45. The maximum Gasteiger partial charge on any atom is 0.413 e. The van der Waals surface area contributed by atoms with E-state index in [0.717, 1.165) is 16.2 Å². The number of nitrogens with zero attached hydrogens (tertiary/aromatic N) is 3. The normalized spacial score (nSPS) is 20.3. The molecule has 0 aromatic carbocycles. The fourth-order valence-electron chi connectivity index (χ4n) is 3.12. The molecule has 0 saturated carbocycles. The fraction of sp³-hybridized carbons (Fsp3) is 0.474. The molecule has 3 N–H and O–H groups in total. The number of carboxylic acid groups (broad SMARTS) is 1. The van der Waals surface area contributed by atoms with E-state index in [1.54, 1.807) is 20.8 Å². The van der Waals surface area contributed by atoms with Crippen molar-refractivity contribution in [2.24, 2.45) is 5.16 Å². The number of fused-ring (bicyclic) bond motifs is 1. The highest BCUT2D eigenvalue weighted by atomic mass is 35.5. The molecule has 0 aliphatic carbocycles. The van der Waals surface area contributed by atoms with Crippen molar-refractivity contribution in [2.45, 2.75) is 37.8 Å². The molecular formula is C19H22ClN5O7S2. The summed E-state index contributed by atoms with van der Waals surface area (Å²) >= 11 is 8.15. The summed E-state index contributed by atoms with van der Waals surface area (Å²) in [6, 6.07) is -0.969. The second-order valence-electron chi connectivity index (χ2n) is 8.04. The molecule has 184 valence electrons. The summed E-state index contributed by atoms with van der Waals surface area (Å²) in [5.74, 6) is -2.28. The van der Waals surface area contributed by atoms with Gasteiger partial charge in [0.05, 0.1) is 0 Å². The number of hydrogen-bond donors (Lipinski definition) is 3. The van der Waals surface area contributed by atoms with Crippen molar-refractivity contribution in [3.8, 4) is 0 Å². The summed E-state index contributed by atoms with van der Waals surface area (Å²) in [5, 5.41) is 19.3. The highest BCUT2D eigenvalue weighted by molar-refractivity contribution is 8.00. The molecule has 15 heteroatoms. The van der Waals surface area contributed by atoms with Gasteiger partial charge in [0, 0.05) is 17.0 Å². The Hall–Kier alpha value is -2.84. The predicted molar refractivity (Wildman–Crippen MR) is 126 cm³/mol. The van der Waals surface area contributed by atoms with Gasteiger partial charge in [-0.1, -0.05) is 5.16 Å². The SMILES string of the molecule is CO/N=C(\C(=O)N[C@@H]1C(=O)N2C(C(=O)O)=C(CCl)CS[C@H]12)c1csc(NC(=O)OC(C)(C)C)n1. The van der Waals surface area contributed by atoms with Gasteiger partial charge in [-0.25, -0.2) is 14.6 Å². The number of amides is 3. The Balaban J connectivity index is 1.72. The third-order valence-corrected chi connectivity index (χ3v) is 6.87. The second-order valence-corrected chi connectivity index (χ2v) is 10.3. The van der Waals surface area contributed by atoms with Gasteiger partial charge in [0.1, 0.15) is 35.5 Å². The van der Waals surface area contributed by atoms with Gasteiger partial charge in [-0.05, 0) is 26.3 Å². The number of aliphatic carboxylic acids is 1. The summed E-state index contributed by atoms with van der Waals surface area (Å²) in [6.07, 6.45) is -0.712. The molecule has 3 amide bonds. The number of oxime groups is 1. The first-order chi connectivity index (χ1) is 16.0. The Kier molecular flexibility index (Phi) is 7.73. The van der Waals surface area contributed by atoms with Gasteiger partial charge in [0.2, 0.25) is 0 Å². The first-order valence-corrected chi connectivity index (χ1v) is 12.3. The van der Waals surface area contributed by atoms with Crippen LogP contribution in [0.15, 0.2) is 21.8 Å². The van der Waals surface area contributed by atoms with Crippen molar-refractivity contribution in [2.75, 3.05) is 24.1 Å². The van der Waals surface area contributed by atoms with E-state index < -0.39 is 40.9 Å². The van der Waals surface area contributed by atoms with Crippen molar-refractivity contribution in [3.05, 3.63) is 22.3 Å². The Morgan fingerprint density at radius 3 is 2.68 bits per heavy atom. The lowest BCUT2D eigenvalue weighted by Gasteiger charge is -2.49. The molecule has 34 heavy (non-hydrogen) atoms. The quantitative estimate of drug-likeness (QED) is 0.206. The second kappa shape index (κ2) is 10.2. The molecule has 0 unspecified atom stereocenters. The highest BCUT2D eigenvalue weighted by Gasteiger charge is 2.54. The van der Waals surface area contributed by atoms with Crippen LogP contribution < -0.4 is 10.6 Å². The molecule has 2 aliphatic heterocycles. The molecular weight excluding hydrogens is 510 g/mol. The molecule has 3 rings (SSSR count). The lowest BCUT2D eigenvalue weighted by Crippen LogP contribution is -2.71. The number of ether oxygens (including phenoxy) is 1. The highest BCUT2D eigenvalue weighted by Crippen LogP contribution is 2.40. The van der Waals surface area contributed by atoms with Crippen molar-refractivity contribution in [1.29, 1.82) is 0 Å². The van der Waals surface area contributed by atoms with Crippen LogP contribution in [0.25, 0.3) is 0 Å². The standard InChI is InChI=1S/C19H22ClN5O7S2/c1-19(2,3)32-18(30)23-17-21-9(7-34-17)10(24-31-4)13(26)22-11-14(27)25-12(16(28)29)8(5-20)6-33-15(11)25/h7,11,15H,5-6H2,1-4H3,(H,22,26)(H,28,29)(H,21,23,30)/b24-10-/t11-,15-/m1/s1. The molecule has 0 radical (unpaired) electrons. The average molecular weight is 532 g/mol. The number of aromatic nitrogens is 1. The van der Waals surface area contributed by atoms with Crippen LogP contribution in [-0.4, -0.2) is 80.3 Å². The van der Waals surface area contributed by atoms with E-state index >= 15 is 0 Å². The summed E-state index contributed by atoms with van der Waals surface area (Å²) in [5.41, 5.74) is -0.544. The zero-order valence-electron chi connectivity index (χ0n) is 18.6. The molecule has 2 atom stereocenters. The number of nitrogens with one attached hydrogen (secondary N) is 2. The molecule has 12 nitrogen and oxygen atoms in total. The van der Waals surface area contributed by atoms with Crippen molar-refractivity contribution < 1.29 is 33.9 Å². The van der Waals surface area contributed by atoms with Gasteiger partial charge in [0.15, 0.2) is 10.8 Å². The molecule has 3 heterocycles. The van der Waals surface area contributed by atoms with Gasteiger partial charge in [-0.3, -0.25) is 19.8 Å². The maximum atomic E-state index is 12.9. The van der Waals surface area contributed by atoms with E-state index in [4.69, 9.17) is 21.2 Å². The Morgan fingerprint density at radius 1 is 1.38 bits per heavy atom. The Labute approximate surface area is 207 Å². The fourth-order valence-corrected chi connectivity index (χ4v) is 5.48. The van der Waals surface area contributed by atoms with Gasteiger partial charge >= 0.3 is 12.1 Å². The minimum Gasteiger partial charge on any atom is -0.477 e. The number of carbonyl (C=O) groups is 4. The largest absolute Gasteiger partial charge is 0.477 e. The van der Waals surface area contributed by atoms with Crippen LogP contribution in [0.2, 0.25) is 0 Å². The molecule has 0 bridgehead atoms. The lowest BCUT2D eigenvalue weighted by molar-refractivity contribution is -0.150. The van der Waals surface area contributed by atoms with E-state index in [1.807, 2.05) is 0 Å². The minimum absolute atomic E-state index is 0.0176. The number of carbonyl (C=O) groups excluding carboxylic acids is 3. The molecule has 1 aromatic rings. The van der Waals surface area contributed by atoms with Crippen LogP contribution in [0.5, 0.6) is 0 Å². The maximum absolute atomic E-state index is 12.9. The number of thiazole rings is 1. The van der Waals surface area contributed by atoms with Gasteiger partial charge in [0.25, 0.3) is 11.8 Å². The third kappa shape index (κ3) is 5.45. The lowest BCUT2D eigenvalue weighted by atomic mass is 10.0. The number of hydrogen-bond acceptors (Lipinski definition) is 10. The Morgan fingerprint density at radius 2 is 2.09 bits per heavy atom. The van der Waals surface area contributed by atoms with Crippen LogP contribution in [0.3, 0.4) is 0 Å². The molecule has 0 spiro atoms. The van der Waals surface area contributed by atoms with Crippen molar-refractivity contribution >= 4 is 69.4 Å². The number of β-lactam (4-membered cyclic amide) rings is 1.